The minimum absolute atomic E-state index is 0.0534. The molecular weight excluding hydrogens is 316 g/mol. The minimum atomic E-state index is 0.0534. The number of nitrogens with one attached hydrogen (secondary N) is 1. The second-order valence-electron chi connectivity index (χ2n) is 7.49. The molecule has 5 heteroatoms. The van der Waals surface area contributed by atoms with E-state index in [1.165, 1.54) is 38.5 Å². The van der Waals surface area contributed by atoms with Crippen LogP contribution in [0.15, 0.2) is 18.2 Å². The molecule has 136 valence electrons. The molecular formula is C20H28N2O3. The molecule has 1 aromatic carbocycles. The molecule has 2 amide bonds. The Labute approximate surface area is 149 Å². The molecule has 0 saturated heterocycles. The van der Waals surface area contributed by atoms with E-state index in [4.69, 9.17) is 9.47 Å². The second-order valence-corrected chi connectivity index (χ2v) is 7.49. The molecule has 0 radical (unpaired) electrons. The van der Waals surface area contributed by atoms with Gasteiger partial charge < -0.3 is 19.7 Å². The zero-order chi connectivity index (χ0) is 17.1. The summed E-state index contributed by atoms with van der Waals surface area (Å²) in [4.78, 5) is 15.3. The highest BCUT2D eigenvalue weighted by atomic mass is 16.7. The number of carbonyl (C=O) groups is 1. The highest BCUT2D eigenvalue weighted by molar-refractivity contribution is 5.90. The fraction of sp³-hybridized carbons (Fsp3) is 0.650. The Kier molecular flexibility index (Phi) is 4.99. The third-order valence-corrected chi connectivity index (χ3v) is 5.79. The number of hydrogen-bond acceptors (Lipinski definition) is 3. The van der Waals surface area contributed by atoms with Crippen LogP contribution in [0.2, 0.25) is 0 Å². The molecule has 1 aliphatic heterocycles. The average molecular weight is 344 g/mol. The molecule has 2 fully saturated rings. The maximum absolute atomic E-state index is 13.2. The Balaban J connectivity index is 1.50. The van der Waals surface area contributed by atoms with Gasteiger partial charge in [0, 0.05) is 23.8 Å². The van der Waals surface area contributed by atoms with Crippen molar-refractivity contribution in [3.63, 3.8) is 0 Å². The molecule has 4 rings (SSSR count). The topological polar surface area (TPSA) is 50.8 Å². The number of ether oxygens (including phenoxy) is 2. The molecule has 2 aliphatic carbocycles. The van der Waals surface area contributed by atoms with E-state index in [1.54, 1.807) is 0 Å². The largest absolute Gasteiger partial charge is 0.454 e. The molecule has 1 N–H and O–H groups in total. The molecule has 1 heterocycles. The van der Waals surface area contributed by atoms with Gasteiger partial charge in [-0.05, 0) is 37.8 Å². The lowest BCUT2D eigenvalue weighted by molar-refractivity contribution is 0.114. The molecule has 0 bridgehead atoms. The number of nitrogens with zero attached hydrogens (tertiary/aromatic N) is 1. The zero-order valence-corrected chi connectivity index (χ0v) is 14.8. The number of rotatable bonds is 3. The predicted molar refractivity (Wildman–Crippen MR) is 97.2 cm³/mol. The van der Waals surface area contributed by atoms with Crippen molar-refractivity contribution in [3.8, 4) is 11.5 Å². The number of anilines is 1. The van der Waals surface area contributed by atoms with Crippen LogP contribution in [0.5, 0.6) is 11.5 Å². The molecule has 25 heavy (non-hydrogen) atoms. The van der Waals surface area contributed by atoms with Crippen molar-refractivity contribution in [2.75, 3.05) is 12.1 Å². The molecule has 0 atom stereocenters. The summed E-state index contributed by atoms with van der Waals surface area (Å²) in [5.41, 5.74) is 0.783. The van der Waals surface area contributed by atoms with Crippen LogP contribution in [0.1, 0.15) is 64.2 Å². The molecule has 0 spiro atoms. The van der Waals surface area contributed by atoms with Crippen LogP contribution in [-0.2, 0) is 0 Å². The maximum Gasteiger partial charge on any atom is 0.322 e. The van der Waals surface area contributed by atoms with Crippen LogP contribution < -0.4 is 14.8 Å². The third kappa shape index (κ3) is 3.70. The normalized spacial score (nSPS) is 21.1. The van der Waals surface area contributed by atoms with Gasteiger partial charge in [-0.1, -0.05) is 38.5 Å². The van der Waals surface area contributed by atoms with Crippen molar-refractivity contribution in [2.24, 2.45) is 0 Å². The number of fused-ring (bicyclic) bond motifs is 1. The van der Waals surface area contributed by atoms with Gasteiger partial charge in [0.2, 0.25) is 6.79 Å². The number of benzene rings is 1. The van der Waals surface area contributed by atoms with E-state index in [0.29, 0.717) is 17.8 Å². The van der Waals surface area contributed by atoms with Crippen molar-refractivity contribution in [1.29, 1.82) is 0 Å². The van der Waals surface area contributed by atoms with E-state index < -0.39 is 0 Å². The first-order valence-electron chi connectivity index (χ1n) is 9.80. The first-order chi connectivity index (χ1) is 12.3. The SMILES string of the molecule is O=C(Nc1ccc2c(c1)OCO2)N(C1CCCCC1)C1CCCCC1. The maximum atomic E-state index is 13.2. The molecule has 3 aliphatic rings. The van der Waals surface area contributed by atoms with Gasteiger partial charge in [-0.2, -0.15) is 0 Å². The summed E-state index contributed by atoms with van der Waals surface area (Å²) >= 11 is 0. The van der Waals surface area contributed by atoms with Crippen molar-refractivity contribution < 1.29 is 14.3 Å². The van der Waals surface area contributed by atoms with E-state index in [2.05, 4.69) is 10.2 Å². The van der Waals surface area contributed by atoms with E-state index in [9.17, 15) is 4.79 Å². The van der Waals surface area contributed by atoms with Gasteiger partial charge in [0.05, 0.1) is 0 Å². The molecule has 0 unspecified atom stereocenters. The Morgan fingerprint density at radius 1 is 0.880 bits per heavy atom. The van der Waals surface area contributed by atoms with Crippen LogP contribution >= 0.6 is 0 Å². The first kappa shape index (κ1) is 16.6. The molecule has 2 saturated carbocycles. The first-order valence-corrected chi connectivity index (χ1v) is 9.80. The molecule has 5 nitrogen and oxygen atoms in total. The summed E-state index contributed by atoms with van der Waals surface area (Å²) < 4.78 is 10.8. The number of urea groups is 1. The van der Waals surface area contributed by atoms with Gasteiger partial charge in [-0.15, -0.1) is 0 Å². The van der Waals surface area contributed by atoms with E-state index in [-0.39, 0.29) is 12.8 Å². The summed E-state index contributed by atoms with van der Waals surface area (Å²) in [5.74, 6) is 1.45. The highest BCUT2D eigenvalue weighted by Gasteiger charge is 2.32. The van der Waals surface area contributed by atoms with Crippen LogP contribution in [-0.4, -0.2) is 29.8 Å². The number of carbonyl (C=O) groups excluding carboxylic acids is 1. The minimum Gasteiger partial charge on any atom is -0.454 e. The average Bonchev–Trinajstić information content (AvgIpc) is 3.11. The van der Waals surface area contributed by atoms with Crippen molar-refractivity contribution in [1.82, 2.24) is 4.90 Å². The number of hydrogen-bond donors (Lipinski definition) is 1. The van der Waals surface area contributed by atoms with Gasteiger partial charge in [0.25, 0.3) is 0 Å². The van der Waals surface area contributed by atoms with Gasteiger partial charge >= 0.3 is 6.03 Å². The summed E-state index contributed by atoms with van der Waals surface area (Å²) in [5, 5.41) is 3.12. The fourth-order valence-corrected chi connectivity index (χ4v) is 4.51. The quantitative estimate of drug-likeness (QED) is 0.847. The fourth-order valence-electron chi connectivity index (χ4n) is 4.51. The van der Waals surface area contributed by atoms with Crippen molar-refractivity contribution in [2.45, 2.75) is 76.3 Å². The lowest BCUT2D eigenvalue weighted by Crippen LogP contribution is -2.50. The third-order valence-electron chi connectivity index (χ3n) is 5.79. The standard InChI is InChI=1S/C20H28N2O3/c23-20(21-15-11-12-18-19(13-15)25-14-24-18)22(16-7-3-1-4-8-16)17-9-5-2-6-10-17/h11-13,16-17H,1-10,14H2,(H,21,23). The zero-order valence-electron chi connectivity index (χ0n) is 14.8. The van der Waals surface area contributed by atoms with Crippen molar-refractivity contribution >= 4 is 11.7 Å². The Morgan fingerprint density at radius 2 is 1.48 bits per heavy atom. The predicted octanol–water partition coefficient (Wildman–Crippen LogP) is 4.91. The highest BCUT2D eigenvalue weighted by Crippen LogP contribution is 2.35. The van der Waals surface area contributed by atoms with Crippen LogP contribution in [0.3, 0.4) is 0 Å². The van der Waals surface area contributed by atoms with E-state index in [1.807, 2.05) is 18.2 Å². The smallest absolute Gasteiger partial charge is 0.322 e. The summed E-state index contributed by atoms with van der Waals surface area (Å²) in [6.45, 7) is 0.253. The summed E-state index contributed by atoms with van der Waals surface area (Å²) in [6, 6.07) is 6.46. The second kappa shape index (κ2) is 7.54. The summed E-state index contributed by atoms with van der Waals surface area (Å²) in [7, 11) is 0. The van der Waals surface area contributed by atoms with Gasteiger partial charge in [0.15, 0.2) is 11.5 Å². The van der Waals surface area contributed by atoms with E-state index >= 15 is 0 Å². The van der Waals surface area contributed by atoms with Gasteiger partial charge in [0.1, 0.15) is 0 Å². The van der Waals surface area contributed by atoms with E-state index in [0.717, 1.165) is 37.1 Å². The molecule has 0 aromatic heterocycles. The Bertz CT molecular complexity index is 589. The summed E-state index contributed by atoms with van der Waals surface area (Å²) in [6.07, 6.45) is 12.1. The van der Waals surface area contributed by atoms with Crippen molar-refractivity contribution in [3.05, 3.63) is 18.2 Å². The Hall–Kier alpha value is -1.91. The Morgan fingerprint density at radius 3 is 2.12 bits per heavy atom. The lowest BCUT2D eigenvalue weighted by atomic mass is 9.89. The monoisotopic (exact) mass is 344 g/mol. The van der Waals surface area contributed by atoms with Crippen LogP contribution in [0, 0.1) is 0 Å². The van der Waals surface area contributed by atoms with Crippen LogP contribution in [0.4, 0.5) is 10.5 Å². The lowest BCUT2D eigenvalue weighted by Gasteiger charge is -2.41. The van der Waals surface area contributed by atoms with Gasteiger partial charge in [-0.25, -0.2) is 4.79 Å². The number of amides is 2. The molecule has 1 aromatic rings. The van der Waals surface area contributed by atoms with Gasteiger partial charge in [-0.3, -0.25) is 0 Å². The van der Waals surface area contributed by atoms with Crippen LogP contribution in [0.25, 0.3) is 0 Å².